The van der Waals surface area contributed by atoms with Gasteiger partial charge in [0.05, 0.1) is 11.2 Å². The second kappa shape index (κ2) is 8.92. The van der Waals surface area contributed by atoms with E-state index in [0.29, 0.717) is 28.0 Å². The van der Waals surface area contributed by atoms with Crippen molar-refractivity contribution in [2.45, 2.75) is 26.6 Å². The number of aromatic nitrogens is 4. The molecular weight excluding hydrogens is 389 g/mol. The summed E-state index contributed by atoms with van der Waals surface area (Å²) in [5, 5.41) is 12.2. The molecule has 0 aliphatic carbocycles. The van der Waals surface area contributed by atoms with E-state index in [4.69, 9.17) is 27.9 Å². The molecule has 0 saturated heterocycles. The number of ether oxygens (including phenoxy) is 1. The van der Waals surface area contributed by atoms with Crippen LogP contribution in [-0.4, -0.2) is 32.0 Å². The van der Waals surface area contributed by atoms with Crippen molar-refractivity contribution in [2.75, 3.05) is 6.54 Å². The van der Waals surface area contributed by atoms with Crippen LogP contribution in [-0.2, 0) is 13.3 Å². The number of hydrogen-bond acceptors (Lipinski definition) is 4. The molecule has 0 aliphatic rings. The normalized spacial score (nSPS) is 10.8. The number of hydrogen-bond donors (Lipinski definition) is 1. The van der Waals surface area contributed by atoms with Crippen LogP contribution in [0.2, 0.25) is 10.0 Å². The summed E-state index contributed by atoms with van der Waals surface area (Å²) in [4.78, 5) is 12.2. The van der Waals surface area contributed by atoms with Crippen LogP contribution in [0.5, 0.6) is 5.75 Å². The van der Waals surface area contributed by atoms with Crippen molar-refractivity contribution in [1.82, 2.24) is 24.9 Å². The number of carbonyl (C=O) groups is 1. The van der Waals surface area contributed by atoms with Gasteiger partial charge in [0, 0.05) is 30.5 Å². The van der Waals surface area contributed by atoms with Crippen LogP contribution in [0.25, 0.3) is 0 Å². The molecule has 0 radical (unpaired) electrons. The molecule has 1 aromatic carbocycles. The number of halogens is 2. The van der Waals surface area contributed by atoms with Gasteiger partial charge in [-0.15, -0.1) is 0 Å². The predicted molar refractivity (Wildman–Crippen MR) is 103 cm³/mol. The zero-order chi connectivity index (χ0) is 19.2. The molecule has 0 atom stereocenters. The number of carbonyl (C=O) groups excluding carboxylic acids is 1. The Kier molecular flexibility index (Phi) is 6.36. The summed E-state index contributed by atoms with van der Waals surface area (Å²) in [7, 11) is 0. The second-order valence-corrected chi connectivity index (χ2v) is 6.82. The van der Waals surface area contributed by atoms with Gasteiger partial charge < -0.3 is 10.1 Å². The van der Waals surface area contributed by atoms with Gasteiger partial charge in [-0.25, -0.2) is 4.68 Å². The largest absolute Gasteiger partial charge is 0.470 e. The number of aryl methyl sites for hydroxylation is 2. The third kappa shape index (κ3) is 5.48. The van der Waals surface area contributed by atoms with E-state index in [2.05, 4.69) is 15.5 Å². The van der Waals surface area contributed by atoms with Gasteiger partial charge in [0.1, 0.15) is 11.4 Å². The summed E-state index contributed by atoms with van der Waals surface area (Å²) < 4.78 is 8.97. The lowest BCUT2D eigenvalue weighted by Gasteiger charge is -2.08. The summed E-state index contributed by atoms with van der Waals surface area (Å²) in [6.45, 7) is 3.42. The SMILES string of the molecule is Cc1cnn(CCCNC(=O)c2ccn(COc3ccc(Cl)cc3Cl)n2)c1. The highest BCUT2D eigenvalue weighted by Gasteiger charge is 2.10. The highest BCUT2D eigenvalue weighted by molar-refractivity contribution is 6.35. The van der Waals surface area contributed by atoms with Crippen molar-refractivity contribution < 1.29 is 9.53 Å². The van der Waals surface area contributed by atoms with Crippen molar-refractivity contribution in [2.24, 2.45) is 0 Å². The highest BCUT2D eigenvalue weighted by atomic mass is 35.5. The van der Waals surface area contributed by atoms with Gasteiger partial charge in [0.15, 0.2) is 6.73 Å². The summed E-state index contributed by atoms with van der Waals surface area (Å²) in [6.07, 6.45) is 6.23. The molecule has 1 amide bonds. The summed E-state index contributed by atoms with van der Waals surface area (Å²) in [5.41, 5.74) is 1.45. The fourth-order valence-electron chi connectivity index (χ4n) is 2.41. The molecule has 0 aliphatic heterocycles. The van der Waals surface area contributed by atoms with Crippen molar-refractivity contribution >= 4 is 29.1 Å². The minimum atomic E-state index is -0.227. The number of nitrogens with zero attached hydrogens (tertiary/aromatic N) is 4. The fraction of sp³-hybridized carbons (Fsp3) is 0.278. The second-order valence-electron chi connectivity index (χ2n) is 5.98. The summed E-state index contributed by atoms with van der Waals surface area (Å²) in [5.74, 6) is 0.270. The predicted octanol–water partition coefficient (Wildman–Crippen LogP) is 3.55. The lowest BCUT2D eigenvalue weighted by Crippen LogP contribution is -2.26. The van der Waals surface area contributed by atoms with Crippen molar-refractivity contribution in [3.63, 3.8) is 0 Å². The molecule has 0 spiro atoms. The summed E-state index contributed by atoms with van der Waals surface area (Å²) in [6, 6.07) is 6.61. The van der Waals surface area contributed by atoms with E-state index >= 15 is 0 Å². The monoisotopic (exact) mass is 407 g/mol. The first-order valence-electron chi connectivity index (χ1n) is 8.40. The van der Waals surface area contributed by atoms with E-state index in [9.17, 15) is 4.79 Å². The first-order valence-corrected chi connectivity index (χ1v) is 9.15. The minimum Gasteiger partial charge on any atom is -0.470 e. The Morgan fingerprint density at radius 2 is 2.11 bits per heavy atom. The maximum atomic E-state index is 12.2. The maximum Gasteiger partial charge on any atom is 0.271 e. The van der Waals surface area contributed by atoms with Crippen LogP contribution in [0.1, 0.15) is 22.5 Å². The number of rotatable bonds is 8. The zero-order valence-electron chi connectivity index (χ0n) is 14.7. The molecule has 2 heterocycles. The van der Waals surface area contributed by atoms with Crippen molar-refractivity contribution in [1.29, 1.82) is 0 Å². The van der Waals surface area contributed by atoms with E-state index in [1.54, 1.807) is 30.5 Å². The molecule has 27 heavy (non-hydrogen) atoms. The number of amides is 1. The smallest absolute Gasteiger partial charge is 0.271 e. The van der Waals surface area contributed by atoms with Gasteiger partial charge in [-0.05, 0) is 43.2 Å². The average Bonchev–Trinajstić information content (AvgIpc) is 3.27. The molecule has 0 saturated carbocycles. The molecule has 2 aromatic heterocycles. The number of nitrogens with one attached hydrogen (secondary N) is 1. The molecule has 7 nitrogen and oxygen atoms in total. The Morgan fingerprint density at radius 3 is 2.85 bits per heavy atom. The molecule has 1 N–H and O–H groups in total. The molecule has 0 unspecified atom stereocenters. The van der Waals surface area contributed by atoms with E-state index in [-0.39, 0.29) is 12.6 Å². The van der Waals surface area contributed by atoms with E-state index in [0.717, 1.165) is 18.5 Å². The van der Waals surface area contributed by atoms with Crippen LogP contribution in [0.15, 0.2) is 42.9 Å². The maximum absolute atomic E-state index is 12.2. The molecule has 3 aromatic rings. The average molecular weight is 408 g/mol. The van der Waals surface area contributed by atoms with Gasteiger partial charge in [-0.1, -0.05) is 23.2 Å². The Bertz CT molecular complexity index is 922. The Balaban J connectivity index is 1.44. The van der Waals surface area contributed by atoms with Crippen LogP contribution >= 0.6 is 23.2 Å². The van der Waals surface area contributed by atoms with Gasteiger partial charge in [0.25, 0.3) is 5.91 Å². The Hall–Kier alpha value is -2.51. The van der Waals surface area contributed by atoms with Gasteiger partial charge in [0.2, 0.25) is 0 Å². The van der Waals surface area contributed by atoms with Crippen LogP contribution in [0, 0.1) is 6.92 Å². The Morgan fingerprint density at radius 1 is 1.26 bits per heavy atom. The van der Waals surface area contributed by atoms with Crippen LogP contribution < -0.4 is 10.1 Å². The molecular formula is C18H19Cl2N5O2. The standard InChI is InChI=1S/C18H19Cl2N5O2/c1-13-10-22-24(11-13)7-2-6-21-18(26)16-5-8-25(23-16)12-27-17-4-3-14(19)9-15(17)20/h3-5,8-11H,2,6-7,12H2,1H3,(H,21,26). The lowest BCUT2D eigenvalue weighted by atomic mass is 10.3. The zero-order valence-corrected chi connectivity index (χ0v) is 16.2. The highest BCUT2D eigenvalue weighted by Crippen LogP contribution is 2.27. The topological polar surface area (TPSA) is 74.0 Å². The molecule has 0 fully saturated rings. The first-order chi connectivity index (χ1) is 13.0. The molecule has 0 bridgehead atoms. The van der Waals surface area contributed by atoms with E-state index in [1.807, 2.05) is 24.0 Å². The molecule has 9 heteroatoms. The van der Waals surface area contributed by atoms with Crippen molar-refractivity contribution in [3.8, 4) is 5.75 Å². The van der Waals surface area contributed by atoms with Crippen molar-refractivity contribution in [3.05, 3.63) is 64.2 Å². The van der Waals surface area contributed by atoms with E-state index < -0.39 is 0 Å². The number of benzene rings is 1. The van der Waals surface area contributed by atoms with Crippen LogP contribution in [0.3, 0.4) is 0 Å². The summed E-state index contributed by atoms with van der Waals surface area (Å²) >= 11 is 11.9. The first kappa shape index (κ1) is 19.3. The third-order valence-electron chi connectivity index (χ3n) is 3.73. The Labute approximate surface area is 166 Å². The fourth-order valence-corrected chi connectivity index (χ4v) is 2.87. The molecule has 142 valence electrons. The third-order valence-corrected chi connectivity index (χ3v) is 4.26. The van der Waals surface area contributed by atoms with E-state index in [1.165, 1.54) is 4.68 Å². The molecule has 3 rings (SSSR count). The van der Waals surface area contributed by atoms with Gasteiger partial charge in [-0.2, -0.15) is 10.2 Å². The quantitative estimate of drug-likeness (QED) is 0.579. The van der Waals surface area contributed by atoms with Gasteiger partial charge in [-0.3, -0.25) is 9.48 Å². The van der Waals surface area contributed by atoms with Crippen LogP contribution in [0.4, 0.5) is 0 Å². The lowest BCUT2D eigenvalue weighted by molar-refractivity contribution is 0.0945. The van der Waals surface area contributed by atoms with Gasteiger partial charge >= 0.3 is 0 Å². The minimum absolute atomic E-state index is 0.132.